The van der Waals surface area contributed by atoms with Gasteiger partial charge < -0.3 is 9.47 Å². The van der Waals surface area contributed by atoms with E-state index in [2.05, 4.69) is 0 Å². The third-order valence-corrected chi connectivity index (χ3v) is 5.30. The first-order valence-corrected chi connectivity index (χ1v) is 9.78. The van der Waals surface area contributed by atoms with Crippen molar-refractivity contribution in [2.75, 3.05) is 7.11 Å². The number of thiophene rings is 1. The molecule has 6 nitrogen and oxygen atoms in total. The van der Waals surface area contributed by atoms with Crippen LogP contribution in [0.5, 0.6) is 11.5 Å². The van der Waals surface area contributed by atoms with Crippen molar-refractivity contribution >= 4 is 40.5 Å². The van der Waals surface area contributed by atoms with Crippen LogP contribution in [0.25, 0.3) is 6.08 Å². The maximum Gasteiger partial charge on any atom is 0.311 e. The number of nitrogens with zero attached hydrogens (tertiary/aromatic N) is 1. The van der Waals surface area contributed by atoms with Crippen LogP contribution < -0.4 is 9.47 Å². The van der Waals surface area contributed by atoms with Crippen LogP contribution in [-0.4, -0.2) is 17.8 Å². The number of nitro benzene ring substituents is 1. The highest BCUT2D eigenvalue weighted by Gasteiger charge is 2.17. The first-order valence-electron chi connectivity index (χ1n) is 8.59. The molecule has 0 saturated carbocycles. The summed E-state index contributed by atoms with van der Waals surface area (Å²) in [5.41, 5.74) is 0.926. The van der Waals surface area contributed by atoms with Crippen molar-refractivity contribution < 1.29 is 23.6 Å². The Labute approximate surface area is 180 Å². The quantitative estimate of drug-likeness (QED) is 0.185. The molecule has 0 N–H and O–H groups in total. The Kier molecular flexibility index (Phi) is 6.81. The van der Waals surface area contributed by atoms with Crippen molar-refractivity contribution in [2.45, 2.75) is 6.61 Å². The van der Waals surface area contributed by atoms with Crippen LogP contribution in [0.2, 0.25) is 4.34 Å². The second-order valence-corrected chi connectivity index (χ2v) is 7.75. The first kappa shape index (κ1) is 21.5. The highest BCUT2D eigenvalue weighted by atomic mass is 35.5. The van der Waals surface area contributed by atoms with Gasteiger partial charge in [-0.2, -0.15) is 0 Å². The molecule has 0 spiro atoms. The molecule has 0 saturated heterocycles. The van der Waals surface area contributed by atoms with Crippen LogP contribution in [0.15, 0.2) is 54.6 Å². The average molecular weight is 448 g/mol. The molecule has 3 aromatic rings. The minimum atomic E-state index is -0.647. The van der Waals surface area contributed by atoms with Crippen molar-refractivity contribution in [2.24, 2.45) is 0 Å². The van der Waals surface area contributed by atoms with E-state index in [0.717, 1.165) is 18.2 Å². The van der Waals surface area contributed by atoms with Crippen molar-refractivity contribution in [1.82, 2.24) is 0 Å². The number of benzene rings is 2. The number of carbonyl (C=O) groups excluding carboxylic acids is 1. The Balaban J connectivity index is 1.80. The molecule has 154 valence electrons. The number of nitro groups is 1. The molecule has 1 aromatic heterocycles. The molecule has 0 radical (unpaired) electrons. The minimum absolute atomic E-state index is 0.0936. The monoisotopic (exact) mass is 447 g/mol. The molecule has 9 heteroatoms. The van der Waals surface area contributed by atoms with Crippen LogP contribution >= 0.6 is 22.9 Å². The largest absolute Gasteiger partial charge is 0.496 e. The molecule has 0 aliphatic heterocycles. The molecule has 0 fully saturated rings. The number of rotatable bonds is 8. The predicted octanol–water partition coefficient (Wildman–Crippen LogP) is 5.93. The maximum atomic E-state index is 13.5. The topological polar surface area (TPSA) is 78.7 Å². The van der Waals surface area contributed by atoms with E-state index in [4.69, 9.17) is 21.1 Å². The van der Waals surface area contributed by atoms with Gasteiger partial charge in [0.05, 0.1) is 21.2 Å². The van der Waals surface area contributed by atoms with Gasteiger partial charge in [0.1, 0.15) is 18.2 Å². The summed E-state index contributed by atoms with van der Waals surface area (Å²) in [6.45, 7) is -0.0936. The lowest BCUT2D eigenvalue weighted by Gasteiger charge is -2.11. The van der Waals surface area contributed by atoms with Crippen LogP contribution in [0.3, 0.4) is 0 Å². The van der Waals surface area contributed by atoms with Crippen molar-refractivity contribution in [1.29, 1.82) is 0 Å². The molecule has 0 amide bonds. The van der Waals surface area contributed by atoms with E-state index in [-0.39, 0.29) is 23.8 Å². The Morgan fingerprint density at radius 1 is 1.20 bits per heavy atom. The van der Waals surface area contributed by atoms with E-state index in [1.54, 1.807) is 36.4 Å². The molecule has 30 heavy (non-hydrogen) atoms. The van der Waals surface area contributed by atoms with Gasteiger partial charge in [0.15, 0.2) is 11.5 Å². The zero-order chi connectivity index (χ0) is 21.7. The van der Waals surface area contributed by atoms with Gasteiger partial charge in [-0.15, -0.1) is 11.3 Å². The Morgan fingerprint density at radius 3 is 2.67 bits per heavy atom. The average Bonchev–Trinajstić information content (AvgIpc) is 3.16. The maximum absolute atomic E-state index is 13.5. The summed E-state index contributed by atoms with van der Waals surface area (Å²) < 4.78 is 24.8. The second kappa shape index (κ2) is 9.51. The van der Waals surface area contributed by atoms with Gasteiger partial charge >= 0.3 is 5.69 Å². The number of hydrogen-bond donors (Lipinski definition) is 0. The molecule has 0 bridgehead atoms. The van der Waals surface area contributed by atoms with Crippen molar-refractivity contribution in [3.63, 3.8) is 0 Å². The third-order valence-electron chi connectivity index (χ3n) is 4.05. The fourth-order valence-corrected chi connectivity index (χ4v) is 3.59. The normalized spacial score (nSPS) is 10.9. The van der Waals surface area contributed by atoms with Gasteiger partial charge in [0.2, 0.25) is 0 Å². The number of methoxy groups -OCH3 is 1. The van der Waals surface area contributed by atoms with Gasteiger partial charge in [-0.05, 0) is 42.0 Å². The summed E-state index contributed by atoms with van der Waals surface area (Å²) in [5, 5.41) is 11.1. The fourth-order valence-electron chi connectivity index (χ4n) is 2.63. The van der Waals surface area contributed by atoms with Crippen LogP contribution in [0.1, 0.15) is 20.8 Å². The lowest BCUT2D eigenvalue weighted by atomic mass is 10.1. The molecule has 0 unspecified atom stereocenters. The van der Waals surface area contributed by atoms with Gasteiger partial charge in [-0.1, -0.05) is 23.7 Å². The summed E-state index contributed by atoms with van der Waals surface area (Å²) in [4.78, 5) is 23.2. The van der Waals surface area contributed by atoms with Gasteiger partial charge in [0, 0.05) is 17.7 Å². The number of hydrogen-bond acceptors (Lipinski definition) is 6. The summed E-state index contributed by atoms with van der Waals surface area (Å²) in [5.74, 6) is -0.530. The van der Waals surface area contributed by atoms with Gasteiger partial charge in [0.25, 0.3) is 0 Å². The standard InChI is InChI=1S/C21H15ClFNO5S/c1-28-18-7-3-13(2-6-17(25)20-8-9-21(22)30-20)10-14(18)12-29-19-11-15(23)4-5-16(19)24(26)27/h2-11H,12H2,1H3/b6-2+. The molecular formula is C21H15ClFNO5S. The highest BCUT2D eigenvalue weighted by molar-refractivity contribution is 7.18. The van der Waals surface area contributed by atoms with Crippen LogP contribution in [0, 0.1) is 15.9 Å². The number of allylic oxidation sites excluding steroid dienone is 1. The predicted molar refractivity (Wildman–Crippen MR) is 113 cm³/mol. The Morgan fingerprint density at radius 2 is 2.00 bits per heavy atom. The zero-order valence-electron chi connectivity index (χ0n) is 15.6. The molecule has 2 aromatic carbocycles. The van der Waals surface area contributed by atoms with E-state index < -0.39 is 10.7 Å². The molecule has 0 aliphatic rings. The minimum Gasteiger partial charge on any atom is -0.496 e. The van der Waals surface area contributed by atoms with Crippen LogP contribution in [0.4, 0.5) is 10.1 Å². The molecular weight excluding hydrogens is 433 g/mol. The van der Waals surface area contributed by atoms with Gasteiger partial charge in [-0.25, -0.2) is 4.39 Å². The smallest absolute Gasteiger partial charge is 0.311 e. The van der Waals surface area contributed by atoms with E-state index in [9.17, 15) is 19.3 Å². The first-order chi connectivity index (χ1) is 14.4. The SMILES string of the molecule is COc1ccc(/C=C/C(=O)c2ccc(Cl)s2)cc1COc1cc(F)ccc1[N+](=O)[O-]. The summed E-state index contributed by atoms with van der Waals surface area (Å²) in [6, 6.07) is 11.5. The number of halogens is 2. The highest BCUT2D eigenvalue weighted by Crippen LogP contribution is 2.30. The Hall–Kier alpha value is -3.23. The second-order valence-electron chi connectivity index (χ2n) is 6.03. The van der Waals surface area contributed by atoms with E-state index in [0.29, 0.717) is 26.1 Å². The summed E-state index contributed by atoms with van der Waals surface area (Å²) in [7, 11) is 1.48. The molecule has 1 heterocycles. The lowest BCUT2D eigenvalue weighted by Crippen LogP contribution is -2.02. The van der Waals surface area contributed by atoms with E-state index in [1.807, 2.05) is 0 Å². The molecule has 3 rings (SSSR count). The third kappa shape index (κ3) is 5.22. The van der Waals surface area contributed by atoms with E-state index >= 15 is 0 Å². The van der Waals surface area contributed by atoms with Crippen molar-refractivity contribution in [3.8, 4) is 11.5 Å². The zero-order valence-corrected chi connectivity index (χ0v) is 17.2. The Bertz CT molecular complexity index is 1130. The fraction of sp³-hybridized carbons (Fsp3) is 0.0952. The summed E-state index contributed by atoms with van der Waals surface area (Å²) in [6.07, 6.45) is 3.05. The number of ether oxygens (including phenoxy) is 2. The van der Waals surface area contributed by atoms with Crippen molar-refractivity contribution in [3.05, 3.63) is 90.9 Å². The number of ketones is 1. The lowest BCUT2D eigenvalue weighted by molar-refractivity contribution is -0.386. The number of carbonyl (C=O) groups is 1. The van der Waals surface area contributed by atoms with E-state index in [1.165, 1.54) is 24.5 Å². The molecule has 0 aliphatic carbocycles. The summed E-state index contributed by atoms with van der Waals surface area (Å²) >= 11 is 7.04. The van der Waals surface area contributed by atoms with Gasteiger partial charge in [-0.3, -0.25) is 14.9 Å². The molecule has 0 atom stereocenters. The van der Waals surface area contributed by atoms with Crippen LogP contribution in [-0.2, 0) is 6.61 Å².